The number of nitrogens with zero attached hydrogens (tertiary/aromatic N) is 4. The lowest BCUT2D eigenvalue weighted by Gasteiger charge is -2.01. The molecule has 3 heterocycles. The molecule has 0 saturated heterocycles. The molecule has 3 aromatic heterocycles. The lowest BCUT2D eigenvalue weighted by atomic mass is 10.3. The maximum Gasteiger partial charge on any atom is 0.442 e. The second kappa shape index (κ2) is 5.44. The number of rotatable bonds is 5. The molecule has 0 aliphatic rings. The third-order valence-electron chi connectivity index (χ3n) is 2.61. The van der Waals surface area contributed by atoms with E-state index in [0.29, 0.717) is 23.1 Å². The lowest BCUT2D eigenvalue weighted by molar-refractivity contribution is 0.309. The van der Waals surface area contributed by atoms with Crippen molar-refractivity contribution in [2.24, 2.45) is 0 Å². The van der Waals surface area contributed by atoms with Crippen molar-refractivity contribution in [1.82, 2.24) is 20.0 Å². The van der Waals surface area contributed by atoms with E-state index in [4.69, 9.17) is 16.0 Å². The smallest absolute Gasteiger partial charge is 0.442 e. The van der Waals surface area contributed by atoms with Gasteiger partial charge >= 0.3 is 5.76 Å². The van der Waals surface area contributed by atoms with Crippen LogP contribution in [0.5, 0.6) is 0 Å². The van der Waals surface area contributed by atoms with E-state index >= 15 is 0 Å². The van der Waals surface area contributed by atoms with Gasteiger partial charge in [-0.1, -0.05) is 16.8 Å². The predicted molar refractivity (Wildman–Crippen MR) is 70.7 cm³/mol. The summed E-state index contributed by atoms with van der Waals surface area (Å²) in [6, 6.07) is 1.58. The van der Waals surface area contributed by atoms with Crippen LogP contribution in [0.25, 0.3) is 11.5 Å². The second-order valence-electron chi connectivity index (χ2n) is 3.98. The standard InChI is InChI=1S/C11H9ClN5O4/c1-2-13-9-8(14-21-15-9)10-16-20-11(18)17(10)4-7-3-6(12)5-19-7/h3,5H,1-2,4H2,(H,13,15). The molecule has 0 fully saturated rings. The Morgan fingerprint density at radius 3 is 2.95 bits per heavy atom. The molecule has 1 N–H and O–H groups in total. The topological polar surface area (TPSA) is 112 Å². The molecule has 0 unspecified atom stereocenters. The van der Waals surface area contributed by atoms with E-state index in [1.807, 2.05) is 0 Å². The van der Waals surface area contributed by atoms with E-state index in [1.165, 1.54) is 10.8 Å². The predicted octanol–water partition coefficient (Wildman–Crippen LogP) is 1.43. The van der Waals surface area contributed by atoms with E-state index in [-0.39, 0.29) is 18.1 Å². The van der Waals surface area contributed by atoms with Crippen molar-refractivity contribution in [1.29, 1.82) is 0 Å². The summed E-state index contributed by atoms with van der Waals surface area (Å²) in [7, 11) is 0. The number of nitrogens with one attached hydrogen (secondary N) is 1. The highest BCUT2D eigenvalue weighted by atomic mass is 35.5. The van der Waals surface area contributed by atoms with Gasteiger partial charge in [0.2, 0.25) is 11.6 Å². The third-order valence-corrected chi connectivity index (χ3v) is 2.81. The summed E-state index contributed by atoms with van der Waals surface area (Å²) in [6.07, 6.45) is 1.36. The fraction of sp³-hybridized carbons (Fsp3) is 0.182. The molecular formula is C11H9ClN5O4. The summed E-state index contributed by atoms with van der Waals surface area (Å²) in [5.41, 5.74) is 0.238. The van der Waals surface area contributed by atoms with Crippen LogP contribution >= 0.6 is 11.6 Å². The Morgan fingerprint density at radius 2 is 2.24 bits per heavy atom. The summed E-state index contributed by atoms with van der Waals surface area (Å²) >= 11 is 5.77. The van der Waals surface area contributed by atoms with Crippen molar-refractivity contribution in [2.45, 2.75) is 6.54 Å². The molecule has 0 aromatic carbocycles. The maximum absolute atomic E-state index is 11.8. The van der Waals surface area contributed by atoms with Gasteiger partial charge in [0.1, 0.15) is 12.0 Å². The van der Waals surface area contributed by atoms with Gasteiger partial charge in [-0.2, -0.15) is 0 Å². The minimum Gasteiger partial charge on any atom is -0.466 e. The Labute approximate surface area is 122 Å². The largest absolute Gasteiger partial charge is 0.466 e. The molecule has 0 atom stereocenters. The molecule has 0 spiro atoms. The first-order valence-electron chi connectivity index (χ1n) is 5.84. The highest BCUT2D eigenvalue weighted by Crippen LogP contribution is 2.22. The number of halogens is 1. The zero-order valence-corrected chi connectivity index (χ0v) is 11.3. The van der Waals surface area contributed by atoms with Crippen LogP contribution in [-0.2, 0) is 6.54 Å². The van der Waals surface area contributed by atoms with Crippen molar-refractivity contribution in [3.63, 3.8) is 0 Å². The van der Waals surface area contributed by atoms with Crippen molar-refractivity contribution in [2.75, 3.05) is 11.9 Å². The van der Waals surface area contributed by atoms with Crippen LogP contribution in [0.4, 0.5) is 5.82 Å². The summed E-state index contributed by atoms with van der Waals surface area (Å²) in [4.78, 5) is 11.8. The molecule has 109 valence electrons. The summed E-state index contributed by atoms with van der Waals surface area (Å²) in [5.74, 6) is 0.269. The Balaban J connectivity index is 2.00. The van der Waals surface area contributed by atoms with Crippen molar-refractivity contribution < 1.29 is 13.6 Å². The molecule has 0 aliphatic heterocycles. The van der Waals surface area contributed by atoms with Gasteiger partial charge in [-0.3, -0.25) is 4.52 Å². The van der Waals surface area contributed by atoms with Crippen LogP contribution in [0.15, 0.2) is 30.7 Å². The van der Waals surface area contributed by atoms with E-state index in [9.17, 15) is 4.79 Å². The SMILES string of the molecule is [CH2]CNc1nonc1-c1noc(=O)n1Cc1cc(Cl)co1. The highest BCUT2D eigenvalue weighted by Gasteiger charge is 2.22. The summed E-state index contributed by atoms with van der Waals surface area (Å²) < 4.78 is 15.7. The van der Waals surface area contributed by atoms with Gasteiger partial charge in [0.15, 0.2) is 5.69 Å². The van der Waals surface area contributed by atoms with Crippen molar-refractivity contribution >= 4 is 17.4 Å². The van der Waals surface area contributed by atoms with Crippen molar-refractivity contribution in [3.05, 3.63) is 40.6 Å². The fourth-order valence-electron chi connectivity index (χ4n) is 1.74. The Kier molecular flexibility index (Phi) is 3.48. The van der Waals surface area contributed by atoms with Crippen LogP contribution in [0, 0.1) is 6.92 Å². The normalized spacial score (nSPS) is 11.0. The first-order chi connectivity index (χ1) is 10.2. The second-order valence-corrected chi connectivity index (χ2v) is 4.41. The molecule has 21 heavy (non-hydrogen) atoms. The van der Waals surface area contributed by atoms with Gasteiger partial charge < -0.3 is 9.73 Å². The molecule has 0 saturated carbocycles. The molecule has 0 aliphatic carbocycles. The van der Waals surface area contributed by atoms with E-state index in [2.05, 4.69) is 36.9 Å². The first kappa shape index (κ1) is 13.4. The monoisotopic (exact) mass is 310 g/mol. The van der Waals surface area contributed by atoms with Crippen LogP contribution < -0.4 is 11.1 Å². The minimum absolute atomic E-state index is 0.0844. The van der Waals surface area contributed by atoms with Crippen molar-refractivity contribution in [3.8, 4) is 11.5 Å². The Bertz CT molecular complexity index is 802. The highest BCUT2D eigenvalue weighted by molar-refractivity contribution is 6.30. The van der Waals surface area contributed by atoms with Crippen LogP contribution in [0.3, 0.4) is 0 Å². The summed E-state index contributed by atoms with van der Waals surface area (Å²) in [6.45, 7) is 4.07. The molecule has 3 rings (SSSR count). The lowest BCUT2D eigenvalue weighted by Crippen LogP contribution is -2.16. The zero-order chi connectivity index (χ0) is 14.8. The third kappa shape index (κ3) is 2.55. The van der Waals surface area contributed by atoms with Gasteiger partial charge in [0, 0.05) is 12.6 Å². The van der Waals surface area contributed by atoms with Gasteiger partial charge in [0.05, 0.1) is 11.6 Å². The van der Waals surface area contributed by atoms with Gasteiger partial charge in [-0.15, -0.1) is 0 Å². The number of aromatic nitrogens is 4. The molecule has 0 bridgehead atoms. The average Bonchev–Trinajstić information content (AvgIpc) is 3.14. The Morgan fingerprint density at radius 1 is 1.38 bits per heavy atom. The fourth-order valence-corrected chi connectivity index (χ4v) is 1.91. The van der Waals surface area contributed by atoms with Crippen LogP contribution in [0.1, 0.15) is 5.76 Å². The molecule has 9 nitrogen and oxygen atoms in total. The number of hydrogen-bond acceptors (Lipinski definition) is 8. The molecule has 0 amide bonds. The molecular weight excluding hydrogens is 302 g/mol. The van der Waals surface area contributed by atoms with Crippen LogP contribution in [-0.4, -0.2) is 26.6 Å². The van der Waals surface area contributed by atoms with E-state index < -0.39 is 5.76 Å². The molecule has 10 heteroatoms. The first-order valence-corrected chi connectivity index (χ1v) is 6.22. The summed E-state index contributed by atoms with van der Waals surface area (Å²) in [5, 5.41) is 14.3. The maximum atomic E-state index is 11.8. The average molecular weight is 311 g/mol. The minimum atomic E-state index is -0.666. The van der Waals surface area contributed by atoms with Gasteiger partial charge in [-0.25, -0.2) is 14.0 Å². The Hall–Kier alpha value is -2.55. The van der Waals surface area contributed by atoms with Gasteiger partial charge in [0.25, 0.3) is 0 Å². The number of furan rings is 1. The number of hydrogen-bond donors (Lipinski definition) is 1. The van der Waals surface area contributed by atoms with Gasteiger partial charge in [-0.05, 0) is 17.2 Å². The van der Waals surface area contributed by atoms with E-state index in [0.717, 1.165) is 0 Å². The number of anilines is 1. The zero-order valence-electron chi connectivity index (χ0n) is 10.6. The molecule has 3 aromatic rings. The quantitative estimate of drug-likeness (QED) is 0.753. The van der Waals surface area contributed by atoms with Crippen LogP contribution in [0.2, 0.25) is 5.02 Å². The molecule has 1 radical (unpaired) electrons. The van der Waals surface area contributed by atoms with E-state index in [1.54, 1.807) is 6.07 Å².